The van der Waals surface area contributed by atoms with Gasteiger partial charge in [-0.25, -0.2) is 0 Å². The maximum Gasteiger partial charge on any atom is 0.0576 e. The zero-order valence-electron chi connectivity index (χ0n) is 10.1. The van der Waals surface area contributed by atoms with Crippen molar-refractivity contribution in [2.24, 2.45) is 0 Å². The van der Waals surface area contributed by atoms with E-state index in [2.05, 4.69) is 58.7 Å². The van der Waals surface area contributed by atoms with Crippen molar-refractivity contribution < 1.29 is 0 Å². The first-order valence-corrected chi connectivity index (χ1v) is 8.25. The number of benzene rings is 1. The fourth-order valence-corrected chi connectivity index (χ4v) is 4.00. The van der Waals surface area contributed by atoms with E-state index in [4.69, 9.17) is 5.73 Å². The summed E-state index contributed by atoms with van der Waals surface area (Å²) < 4.78 is 1.19. The number of nitrogens with two attached hydrogens (primary N) is 1. The van der Waals surface area contributed by atoms with Gasteiger partial charge < -0.3 is 11.1 Å². The normalized spacial score (nSPS) is 23.9. The lowest BCUT2D eigenvalue weighted by Crippen LogP contribution is -2.17. The molecule has 2 unspecified atom stereocenters. The summed E-state index contributed by atoms with van der Waals surface area (Å²) in [5.41, 5.74) is 7.98. The number of rotatable bonds is 4. The Hall–Kier alpha value is -0.100. The first kappa shape index (κ1) is 13.3. The number of nitrogen functional groups attached to an aromatic ring is 1. The van der Waals surface area contributed by atoms with Gasteiger partial charge in [0.05, 0.1) is 11.4 Å². The molecule has 1 aromatic carbocycles. The van der Waals surface area contributed by atoms with E-state index in [-0.39, 0.29) is 0 Å². The van der Waals surface area contributed by atoms with Crippen LogP contribution in [0.4, 0.5) is 11.4 Å². The third-order valence-corrected chi connectivity index (χ3v) is 5.06. The van der Waals surface area contributed by atoms with E-state index in [9.17, 15) is 0 Å². The van der Waals surface area contributed by atoms with E-state index in [1.165, 1.54) is 28.6 Å². The smallest absolute Gasteiger partial charge is 0.0576 e. The SMILES string of the molecule is CCSC1CCC(Nc2ccc(I)cc2N)C1. The largest absolute Gasteiger partial charge is 0.397 e. The molecule has 2 rings (SSSR count). The predicted molar refractivity (Wildman–Crippen MR) is 86.8 cm³/mol. The Morgan fingerprint density at radius 3 is 3.00 bits per heavy atom. The van der Waals surface area contributed by atoms with E-state index in [0.29, 0.717) is 6.04 Å². The Balaban J connectivity index is 1.93. The number of anilines is 2. The van der Waals surface area contributed by atoms with Crippen molar-refractivity contribution in [3.8, 4) is 0 Å². The summed E-state index contributed by atoms with van der Waals surface area (Å²) in [6.45, 7) is 2.24. The van der Waals surface area contributed by atoms with Gasteiger partial charge in [-0.05, 0) is 65.8 Å². The van der Waals surface area contributed by atoms with E-state index in [1.807, 2.05) is 6.07 Å². The molecule has 0 bridgehead atoms. The van der Waals surface area contributed by atoms with Crippen molar-refractivity contribution in [2.75, 3.05) is 16.8 Å². The number of hydrogen-bond donors (Lipinski definition) is 2. The van der Waals surface area contributed by atoms with Crippen LogP contribution in [-0.2, 0) is 0 Å². The molecule has 1 aliphatic rings. The summed E-state index contributed by atoms with van der Waals surface area (Å²) in [6, 6.07) is 6.82. The molecule has 0 aliphatic heterocycles. The summed E-state index contributed by atoms with van der Waals surface area (Å²) in [5, 5.41) is 4.42. The molecule has 2 atom stereocenters. The number of hydrogen-bond acceptors (Lipinski definition) is 3. The van der Waals surface area contributed by atoms with Crippen LogP contribution in [0.2, 0.25) is 0 Å². The van der Waals surface area contributed by atoms with Crippen molar-refractivity contribution in [3.05, 3.63) is 21.8 Å². The van der Waals surface area contributed by atoms with E-state index < -0.39 is 0 Å². The highest BCUT2D eigenvalue weighted by atomic mass is 127. The Bertz CT molecular complexity index is 384. The van der Waals surface area contributed by atoms with Crippen molar-refractivity contribution >= 4 is 45.7 Å². The van der Waals surface area contributed by atoms with Crippen molar-refractivity contribution in [2.45, 2.75) is 37.5 Å². The molecule has 17 heavy (non-hydrogen) atoms. The van der Waals surface area contributed by atoms with Crippen LogP contribution in [0.5, 0.6) is 0 Å². The number of nitrogens with one attached hydrogen (secondary N) is 1. The first-order chi connectivity index (χ1) is 8.19. The Morgan fingerprint density at radius 2 is 2.29 bits per heavy atom. The van der Waals surface area contributed by atoms with Gasteiger partial charge in [0.15, 0.2) is 0 Å². The lowest BCUT2D eigenvalue weighted by Gasteiger charge is -2.16. The zero-order chi connectivity index (χ0) is 12.3. The van der Waals surface area contributed by atoms with Crippen molar-refractivity contribution in [3.63, 3.8) is 0 Å². The van der Waals surface area contributed by atoms with E-state index in [1.54, 1.807) is 0 Å². The standard InChI is InChI=1S/C13H19IN2S/c1-2-17-11-5-4-10(8-11)16-13-6-3-9(14)7-12(13)15/h3,6-7,10-11,16H,2,4-5,8,15H2,1H3. The average molecular weight is 362 g/mol. The average Bonchev–Trinajstić information content (AvgIpc) is 2.71. The molecule has 0 radical (unpaired) electrons. The number of thioether (sulfide) groups is 1. The second-order valence-electron chi connectivity index (χ2n) is 4.46. The lowest BCUT2D eigenvalue weighted by atomic mass is 10.2. The minimum absolute atomic E-state index is 0.599. The highest BCUT2D eigenvalue weighted by molar-refractivity contribution is 14.1. The molecule has 4 heteroatoms. The molecule has 3 N–H and O–H groups in total. The second kappa shape index (κ2) is 6.18. The van der Waals surface area contributed by atoms with Gasteiger partial charge in [-0.15, -0.1) is 0 Å². The van der Waals surface area contributed by atoms with Gasteiger partial charge in [0.2, 0.25) is 0 Å². The minimum Gasteiger partial charge on any atom is -0.397 e. The maximum absolute atomic E-state index is 6.02. The molecule has 0 saturated heterocycles. The van der Waals surface area contributed by atoms with Gasteiger partial charge in [-0.3, -0.25) is 0 Å². The summed E-state index contributed by atoms with van der Waals surface area (Å²) >= 11 is 4.38. The van der Waals surface area contributed by atoms with Gasteiger partial charge in [0, 0.05) is 14.9 Å². The molecule has 1 aromatic rings. The predicted octanol–water partition coefficient (Wildman–Crippen LogP) is 3.96. The van der Waals surface area contributed by atoms with Crippen LogP contribution in [0.15, 0.2) is 18.2 Å². The Morgan fingerprint density at radius 1 is 1.47 bits per heavy atom. The first-order valence-electron chi connectivity index (χ1n) is 6.12. The van der Waals surface area contributed by atoms with Crippen LogP contribution in [-0.4, -0.2) is 17.0 Å². The van der Waals surface area contributed by atoms with Crippen LogP contribution in [0.3, 0.4) is 0 Å². The fourth-order valence-electron chi connectivity index (χ4n) is 2.34. The van der Waals surface area contributed by atoms with Crippen LogP contribution in [0, 0.1) is 3.57 Å². The molecule has 1 saturated carbocycles. The lowest BCUT2D eigenvalue weighted by molar-refractivity contribution is 0.757. The molecule has 1 aliphatic carbocycles. The zero-order valence-corrected chi connectivity index (χ0v) is 13.1. The molecular formula is C13H19IN2S. The Labute approximate surface area is 121 Å². The van der Waals surface area contributed by atoms with E-state index in [0.717, 1.165) is 16.6 Å². The summed E-state index contributed by atoms with van der Waals surface area (Å²) in [6.07, 6.45) is 3.87. The highest BCUT2D eigenvalue weighted by Gasteiger charge is 2.24. The monoisotopic (exact) mass is 362 g/mol. The van der Waals surface area contributed by atoms with Gasteiger partial charge in [-0.1, -0.05) is 6.92 Å². The van der Waals surface area contributed by atoms with Gasteiger partial charge >= 0.3 is 0 Å². The van der Waals surface area contributed by atoms with Crippen LogP contribution >= 0.6 is 34.4 Å². The van der Waals surface area contributed by atoms with Crippen LogP contribution < -0.4 is 11.1 Å². The van der Waals surface area contributed by atoms with E-state index >= 15 is 0 Å². The summed E-state index contributed by atoms with van der Waals surface area (Å²) in [5.74, 6) is 1.23. The highest BCUT2D eigenvalue weighted by Crippen LogP contribution is 2.32. The molecule has 0 heterocycles. The molecule has 2 nitrogen and oxygen atoms in total. The van der Waals surface area contributed by atoms with Gasteiger partial charge in [-0.2, -0.15) is 11.8 Å². The van der Waals surface area contributed by atoms with Crippen molar-refractivity contribution in [1.29, 1.82) is 0 Å². The minimum atomic E-state index is 0.599. The molecule has 0 spiro atoms. The number of halogens is 1. The third-order valence-electron chi connectivity index (χ3n) is 3.16. The quantitative estimate of drug-likeness (QED) is 0.629. The van der Waals surface area contributed by atoms with Crippen LogP contribution in [0.25, 0.3) is 0 Å². The van der Waals surface area contributed by atoms with Gasteiger partial charge in [0.1, 0.15) is 0 Å². The molecule has 94 valence electrons. The summed E-state index contributed by atoms with van der Waals surface area (Å²) in [7, 11) is 0. The van der Waals surface area contributed by atoms with Crippen LogP contribution in [0.1, 0.15) is 26.2 Å². The van der Waals surface area contributed by atoms with Crippen molar-refractivity contribution in [1.82, 2.24) is 0 Å². The summed E-state index contributed by atoms with van der Waals surface area (Å²) in [4.78, 5) is 0. The fraction of sp³-hybridized carbons (Fsp3) is 0.538. The Kier molecular flexibility index (Phi) is 4.85. The van der Waals surface area contributed by atoms with Gasteiger partial charge in [0.25, 0.3) is 0 Å². The topological polar surface area (TPSA) is 38.0 Å². The molecule has 1 fully saturated rings. The third kappa shape index (κ3) is 3.68. The second-order valence-corrected chi connectivity index (χ2v) is 7.29. The molecule has 0 amide bonds. The molecule has 0 aromatic heterocycles. The molecular weight excluding hydrogens is 343 g/mol. The maximum atomic E-state index is 6.02.